The Morgan fingerprint density at radius 1 is 1.50 bits per heavy atom. The Labute approximate surface area is 93.5 Å². The highest BCUT2D eigenvalue weighted by Gasteiger charge is 2.11. The fraction of sp³-hybridized carbons (Fsp3) is 0.556. The Morgan fingerprint density at radius 3 is 3.00 bits per heavy atom. The zero-order valence-electron chi connectivity index (χ0n) is 7.70. The van der Waals surface area contributed by atoms with Gasteiger partial charge in [-0.15, -0.1) is 24.0 Å². The SMILES string of the molecule is Cl.O=c1cc(CCl)nc2n1CCCC2. The molecule has 0 N–H and O–H groups in total. The van der Waals surface area contributed by atoms with E-state index in [2.05, 4.69) is 4.98 Å². The maximum absolute atomic E-state index is 11.5. The molecule has 1 aliphatic heterocycles. The van der Waals surface area contributed by atoms with Crippen molar-refractivity contribution in [1.29, 1.82) is 0 Å². The third-order valence-electron chi connectivity index (χ3n) is 2.31. The van der Waals surface area contributed by atoms with Crippen LogP contribution in [0.15, 0.2) is 10.9 Å². The molecule has 0 atom stereocenters. The minimum Gasteiger partial charge on any atom is -0.297 e. The summed E-state index contributed by atoms with van der Waals surface area (Å²) in [6.45, 7) is 0.809. The number of nitrogens with zero attached hydrogens (tertiary/aromatic N) is 2. The van der Waals surface area contributed by atoms with Crippen LogP contribution in [-0.4, -0.2) is 9.55 Å². The van der Waals surface area contributed by atoms with Gasteiger partial charge in [0.05, 0.1) is 11.6 Å². The number of alkyl halides is 1. The molecule has 1 aliphatic rings. The molecule has 0 fully saturated rings. The molecule has 3 nitrogen and oxygen atoms in total. The van der Waals surface area contributed by atoms with Gasteiger partial charge in [0.1, 0.15) is 5.82 Å². The minimum atomic E-state index is 0. The van der Waals surface area contributed by atoms with Gasteiger partial charge in [-0.2, -0.15) is 0 Å². The zero-order valence-corrected chi connectivity index (χ0v) is 9.27. The van der Waals surface area contributed by atoms with E-state index in [-0.39, 0.29) is 18.0 Å². The predicted octanol–water partition coefficient (Wildman–Crippen LogP) is 1.74. The molecule has 1 aromatic rings. The van der Waals surface area contributed by atoms with Crippen molar-refractivity contribution in [2.75, 3.05) is 0 Å². The molecule has 0 aliphatic carbocycles. The van der Waals surface area contributed by atoms with E-state index >= 15 is 0 Å². The number of fused-ring (bicyclic) bond motifs is 1. The molecule has 0 unspecified atom stereocenters. The first-order chi connectivity index (χ1) is 6.31. The first kappa shape index (κ1) is 11.5. The average Bonchev–Trinajstić information content (AvgIpc) is 2.18. The molecule has 78 valence electrons. The smallest absolute Gasteiger partial charge is 0.253 e. The number of halogens is 2. The van der Waals surface area contributed by atoms with Gasteiger partial charge >= 0.3 is 0 Å². The van der Waals surface area contributed by atoms with E-state index < -0.39 is 0 Å². The lowest BCUT2D eigenvalue weighted by Gasteiger charge is -2.16. The molecule has 0 aromatic carbocycles. The topological polar surface area (TPSA) is 34.9 Å². The van der Waals surface area contributed by atoms with Crippen molar-refractivity contribution < 1.29 is 0 Å². The normalized spacial score (nSPS) is 14.4. The van der Waals surface area contributed by atoms with Gasteiger partial charge in [0.15, 0.2) is 0 Å². The van der Waals surface area contributed by atoms with Crippen molar-refractivity contribution in [2.24, 2.45) is 0 Å². The fourth-order valence-electron chi connectivity index (χ4n) is 1.66. The van der Waals surface area contributed by atoms with E-state index in [0.717, 1.165) is 31.6 Å². The van der Waals surface area contributed by atoms with Crippen LogP contribution in [0.25, 0.3) is 0 Å². The van der Waals surface area contributed by atoms with Crippen molar-refractivity contribution in [3.05, 3.63) is 27.9 Å². The summed E-state index contributed by atoms with van der Waals surface area (Å²) in [5, 5.41) is 0. The molecule has 0 saturated heterocycles. The highest BCUT2D eigenvalue weighted by molar-refractivity contribution is 6.16. The van der Waals surface area contributed by atoms with E-state index in [0.29, 0.717) is 11.6 Å². The molecule has 5 heteroatoms. The molecule has 1 aromatic heterocycles. The van der Waals surface area contributed by atoms with E-state index in [1.54, 1.807) is 4.57 Å². The average molecular weight is 235 g/mol. The minimum absolute atomic E-state index is 0. The van der Waals surface area contributed by atoms with Crippen LogP contribution in [0, 0.1) is 0 Å². The largest absolute Gasteiger partial charge is 0.297 e. The Kier molecular flexibility index (Phi) is 3.96. The van der Waals surface area contributed by atoms with E-state index in [1.165, 1.54) is 6.07 Å². The second kappa shape index (κ2) is 4.80. The lowest BCUT2D eigenvalue weighted by molar-refractivity contribution is 0.493. The summed E-state index contributed by atoms with van der Waals surface area (Å²) in [5.74, 6) is 1.22. The Hall–Kier alpha value is -0.540. The third kappa shape index (κ3) is 2.10. The van der Waals surface area contributed by atoms with Crippen LogP contribution in [0.5, 0.6) is 0 Å². The standard InChI is InChI=1S/C9H11ClN2O.ClH/c10-6-7-5-9(13)12-4-2-1-3-8(12)11-7;/h5H,1-4,6H2;1H. The van der Waals surface area contributed by atoms with E-state index in [9.17, 15) is 4.79 Å². The van der Waals surface area contributed by atoms with Crippen LogP contribution in [0.4, 0.5) is 0 Å². The third-order valence-corrected chi connectivity index (χ3v) is 2.58. The molecule has 2 rings (SSSR count). The van der Waals surface area contributed by atoms with Crippen LogP contribution >= 0.6 is 24.0 Å². The molecular weight excluding hydrogens is 223 g/mol. The second-order valence-corrected chi connectivity index (χ2v) is 3.51. The van der Waals surface area contributed by atoms with Gasteiger partial charge in [-0.1, -0.05) is 0 Å². The molecule has 2 heterocycles. The molecule has 0 radical (unpaired) electrons. The second-order valence-electron chi connectivity index (χ2n) is 3.24. The number of hydrogen-bond acceptors (Lipinski definition) is 2. The highest BCUT2D eigenvalue weighted by Crippen LogP contribution is 2.10. The van der Waals surface area contributed by atoms with Crippen molar-refractivity contribution >= 4 is 24.0 Å². The zero-order chi connectivity index (χ0) is 9.26. The van der Waals surface area contributed by atoms with Crippen LogP contribution in [0.3, 0.4) is 0 Å². The lowest BCUT2D eigenvalue weighted by Crippen LogP contribution is -2.28. The summed E-state index contributed by atoms with van der Waals surface area (Å²) in [6, 6.07) is 1.53. The van der Waals surface area contributed by atoms with Gasteiger partial charge in [-0.05, 0) is 12.8 Å². The lowest BCUT2D eigenvalue weighted by atomic mass is 10.1. The number of aromatic nitrogens is 2. The monoisotopic (exact) mass is 234 g/mol. The van der Waals surface area contributed by atoms with Crippen molar-refractivity contribution in [1.82, 2.24) is 9.55 Å². The molecule has 0 spiro atoms. The van der Waals surface area contributed by atoms with Crippen LogP contribution in [-0.2, 0) is 18.8 Å². The summed E-state index contributed by atoms with van der Waals surface area (Å²) in [6.07, 6.45) is 3.10. The predicted molar refractivity (Wildman–Crippen MR) is 58.2 cm³/mol. The molecule has 14 heavy (non-hydrogen) atoms. The maximum Gasteiger partial charge on any atom is 0.253 e. The molecule has 0 saturated carbocycles. The van der Waals surface area contributed by atoms with Gasteiger partial charge in [0, 0.05) is 19.0 Å². The van der Waals surface area contributed by atoms with Crippen molar-refractivity contribution in [3.63, 3.8) is 0 Å². The van der Waals surface area contributed by atoms with E-state index in [4.69, 9.17) is 11.6 Å². The van der Waals surface area contributed by atoms with Gasteiger partial charge in [0.25, 0.3) is 5.56 Å². The molecule has 0 bridgehead atoms. The highest BCUT2D eigenvalue weighted by atomic mass is 35.5. The van der Waals surface area contributed by atoms with Crippen molar-refractivity contribution in [2.45, 2.75) is 31.7 Å². The van der Waals surface area contributed by atoms with Gasteiger partial charge in [0.2, 0.25) is 0 Å². The first-order valence-corrected chi connectivity index (χ1v) is 5.00. The Bertz CT molecular complexity index is 376. The summed E-state index contributed by atoms with van der Waals surface area (Å²) >= 11 is 5.63. The van der Waals surface area contributed by atoms with E-state index in [1.807, 2.05) is 0 Å². The Morgan fingerprint density at radius 2 is 2.29 bits per heavy atom. The number of rotatable bonds is 1. The molecular formula is C9H12Cl2N2O. The quantitative estimate of drug-likeness (QED) is 0.695. The fourth-order valence-corrected chi connectivity index (χ4v) is 1.79. The summed E-state index contributed by atoms with van der Waals surface area (Å²) in [7, 11) is 0. The van der Waals surface area contributed by atoms with Crippen molar-refractivity contribution in [3.8, 4) is 0 Å². The van der Waals surface area contributed by atoms with Crippen LogP contribution < -0.4 is 5.56 Å². The first-order valence-electron chi connectivity index (χ1n) is 4.47. The van der Waals surface area contributed by atoms with Crippen LogP contribution in [0.1, 0.15) is 24.4 Å². The maximum atomic E-state index is 11.5. The van der Waals surface area contributed by atoms with Crippen LogP contribution in [0.2, 0.25) is 0 Å². The number of aryl methyl sites for hydroxylation is 1. The van der Waals surface area contributed by atoms with Gasteiger partial charge in [-0.3, -0.25) is 9.36 Å². The summed E-state index contributed by atoms with van der Waals surface area (Å²) in [4.78, 5) is 15.8. The molecule has 0 amide bonds. The van der Waals surface area contributed by atoms with Gasteiger partial charge < -0.3 is 0 Å². The Balaban J connectivity index is 0.000000980. The number of hydrogen-bond donors (Lipinski definition) is 0. The summed E-state index contributed by atoms with van der Waals surface area (Å²) in [5.41, 5.74) is 0.736. The summed E-state index contributed by atoms with van der Waals surface area (Å²) < 4.78 is 1.75. The van der Waals surface area contributed by atoms with Gasteiger partial charge in [-0.25, -0.2) is 4.98 Å².